The van der Waals surface area contributed by atoms with Crippen LogP contribution < -0.4 is 0 Å². The lowest BCUT2D eigenvalue weighted by atomic mass is 9.44. The topological polar surface area (TPSA) is 9.23 Å². The van der Waals surface area contributed by atoms with Crippen LogP contribution in [0.4, 0.5) is 13.2 Å². The zero-order valence-corrected chi connectivity index (χ0v) is 18.9. The maximum Gasteiger partial charge on any atom is 0.391 e. The second-order valence-corrected chi connectivity index (χ2v) is 11.7. The number of hydrogen-bond acceptors (Lipinski definition) is 1. The van der Waals surface area contributed by atoms with E-state index in [0.717, 1.165) is 43.6 Å². The predicted molar refractivity (Wildman–Crippen MR) is 110 cm³/mol. The fourth-order valence-electron chi connectivity index (χ4n) is 9.04. The van der Waals surface area contributed by atoms with Gasteiger partial charge in [0, 0.05) is 13.7 Å². The lowest BCUT2D eigenvalue weighted by molar-refractivity contribution is -0.208. The molecule has 29 heavy (non-hydrogen) atoms. The predicted octanol–water partition coefficient (Wildman–Crippen LogP) is 7.50. The average molecular weight is 415 g/mol. The lowest BCUT2D eigenvalue weighted by Gasteiger charge is -2.61. The van der Waals surface area contributed by atoms with Gasteiger partial charge in [-0.1, -0.05) is 20.8 Å². The van der Waals surface area contributed by atoms with Gasteiger partial charge in [-0.05, 0) is 111 Å². The Kier molecular flexibility index (Phi) is 5.84. The van der Waals surface area contributed by atoms with Gasteiger partial charge in [0.1, 0.15) is 0 Å². The largest absolute Gasteiger partial charge is 0.391 e. The molecule has 4 heteroatoms. The van der Waals surface area contributed by atoms with E-state index in [1.165, 1.54) is 32.1 Å². The van der Waals surface area contributed by atoms with Crippen molar-refractivity contribution in [2.75, 3.05) is 13.7 Å². The third-order valence-electron chi connectivity index (χ3n) is 10.7. The molecule has 0 aromatic carbocycles. The van der Waals surface area contributed by atoms with E-state index in [1.54, 1.807) is 7.11 Å². The summed E-state index contributed by atoms with van der Waals surface area (Å²) < 4.78 is 45.5. The summed E-state index contributed by atoms with van der Waals surface area (Å²) in [7, 11) is 1.80. The van der Waals surface area contributed by atoms with Crippen LogP contribution in [-0.4, -0.2) is 19.9 Å². The summed E-state index contributed by atoms with van der Waals surface area (Å²) in [5.41, 5.74) is 0.576. The Morgan fingerprint density at radius 1 is 0.931 bits per heavy atom. The zero-order chi connectivity index (χ0) is 21.0. The van der Waals surface area contributed by atoms with Gasteiger partial charge in [-0.15, -0.1) is 0 Å². The molecule has 168 valence electrons. The first kappa shape index (κ1) is 22.0. The molecule has 4 aliphatic rings. The molecule has 0 amide bonds. The number of hydrogen-bond donors (Lipinski definition) is 0. The minimum atomic E-state index is -4.00. The van der Waals surface area contributed by atoms with E-state index in [2.05, 4.69) is 20.8 Å². The van der Waals surface area contributed by atoms with Crippen LogP contribution in [0, 0.1) is 52.3 Å². The molecule has 0 aromatic rings. The first-order valence-corrected chi connectivity index (χ1v) is 12.2. The van der Waals surface area contributed by atoms with Crippen LogP contribution in [0.5, 0.6) is 0 Å². The second-order valence-electron chi connectivity index (χ2n) is 11.7. The molecule has 4 aliphatic carbocycles. The fourth-order valence-corrected chi connectivity index (χ4v) is 9.04. The Balaban J connectivity index is 1.50. The van der Waals surface area contributed by atoms with Crippen LogP contribution in [-0.2, 0) is 4.74 Å². The average Bonchev–Trinajstić information content (AvgIpc) is 3.02. The van der Waals surface area contributed by atoms with Gasteiger partial charge in [0.25, 0.3) is 0 Å². The van der Waals surface area contributed by atoms with Crippen molar-refractivity contribution >= 4 is 0 Å². The van der Waals surface area contributed by atoms with Crippen LogP contribution in [0.15, 0.2) is 0 Å². The summed E-state index contributed by atoms with van der Waals surface area (Å²) in [5, 5.41) is 0. The van der Waals surface area contributed by atoms with E-state index >= 15 is 0 Å². The molecule has 0 aromatic heterocycles. The van der Waals surface area contributed by atoms with Gasteiger partial charge in [0.15, 0.2) is 0 Å². The summed E-state index contributed by atoms with van der Waals surface area (Å²) in [6.07, 6.45) is 6.10. The van der Waals surface area contributed by atoms with E-state index in [4.69, 9.17) is 4.74 Å². The molecule has 0 aliphatic heterocycles. The van der Waals surface area contributed by atoms with Gasteiger partial charge in [0.05, 0.1) is 5.92 Å². The summed E-state index contributed by atoms with van der Waals surface area (Å²) in [4.78, 5) is 0. The molecule has 0 bridgehead atoms. The van der Waals surface area contributed by atoms with Gasteiger partial charge < -0.3 is 4.74 Å². The molecule has 9 atom stereocenters. The summed E-state index contributed by atoms with van der Waals surface area (Å²) in [5.74, 6) is 2.91. The quantitative estimate of drug-likeness (QED) is 0.463. The molecule has 0 N–H and O–H groups in total. The van der Waals surface area contributed by atoms with Crippen LogP contribution in [0.3, 0.4) is 0 Å². The normalized spacial score (nSPS) is 48.5. The smallest absolute Gasteiger partial charge is 0.385 e. The third kappa shape index (κ3) is 3.57. The molecule has 0 heterocycles. The van der Waals surface area contributed by atoms with E-state index in [-0.39, 0.29) is 11.3 Å². The van der Waals surface area contributed by atoms with Crippen molar-refractivity contribution < 1.29 is 17.9 Å². The van der Waals surface area contributed by atoms with Crippen molar-refractivity contribution in [2.45, 2.75) is 91.2 Å². The number of ether oxygens (including phenoxy) is 1. The van der Waals surface area contributed by atoms with Crippen LogP contribution >= 0.6 is 0 Å². The van der Waals surface area contributed by atoms with Crippen molar-refractivity contribution in [2.24, 2.45) is 52.3 Å². The minimum Gasteiger partial charge on any atom is -0.385 e. The molecule has 0 radical (unpaired) electrons. The molecule has 1 nitrogen and oxygen atoms in total. The molecule has 0 saturated heterocycles. The standard InChI is InChI=1S/C25H41F3O/c1-16(11-14-29-4)20-7-8-21-19-6-5-17-15-18(25(26,27)28)9-12-23(17,2)22(19)10-13-24(20,21)3/h16-22H,5-15H2,1-4H3/t16-,17+,18-,19?,20?,21?,22?,23-,24+/m0/s1. The van der Waals surface area contributed by atoms with Crippen LogP contribution in [0.1, 0.15) is 85.0 Å². The van der Waals surface area contributed by atoms with Crippen LogP contribution in [0.25, 0.3) is 0 Å². The Bertz CT molecular complexity index is 589. The SMILES string of the molecule is COCC[C@H](C)C1CCC2C3CC[C@@H]4C[C@@H](C(F)(F)F)CC[C@]4(C)C3CC[C@@]21C. The summed E-state index contributed by atoms with van der Waals surface area (Å²) in [6, 6.07) is 0. The van der Waals surface area contributed by atoms with Crippen molar-refractivity contribution in [3.63, 3.8) is 0 Å². The maximum absolute atomic E-state index is 13.4. The van der Waals surface area contributed by atoms with Gasteiger partial charge in [-0.25, -0.2) is 0 Å². The van der Waals surface area contributed by atoms with E-state index < -0.39 is 12.1 Å². The molecular formula is C25H41F3O. The number of methoxy groups -OCH3 is 1. The lowest BCUT2D eigenvalue weighted by Crippen LogP contribution is -2.54. The molecule has 4 rings (SSSR count). The molecule has 4 fully saturated rings. The van der Waals surface area contributed by atoms with Crippen molar-refractivity contribution in [1.82, 2.24) is 0 Å². The van der Waals surface area contributed by atoms with E-state index in [9.17, 15) is 13.2 Å². The second kappa shape index (κ2) is 7.71. The Hall–Kier alpha value is -0.250. The zero-order valence-electron chi connectivity index (χ0n) is 18.9. The molecule has 0 spiro atoms. The molecular weight excluding hydrogens is 373 g/mol. The Morgan fingerprint density at radius 3 is 2.31 bits per heavy atom. The van der Waals surface area contributed by atoms with Gasteiger partial charge in [0.2, 0.25) is 0 Å². The van der Waals surface area contributed by atoms with Crippen molar-refractivity contribution in [1.29, 1.82) is 0 Å². The highest BCUT2D eigenvalue weighted by molar-refractivity contribution is 5.09. The van der Waals surface area contributed by atoms with Crippen molar-refractivity contribution in [3.05, 3.63) is 0 Å². The molecule has 4 saturated carbocycles. The highest BCUT2D eigenvalue weighted by Gasteiger charge is 2.61. The number of fused-ring (bicyclic) bond motifs is 5. The highest BCUT2D eigenvalue weighted by Crippen LogP contribution is 2.69. The number of rotatable bonds is 4. The highest BCUT2D eigenvalue weighted by atomic mass is 19.4. The third-order valence-corrected chi connectivity index (χ3v) is 10.7. The summed E-state index contributed by atoms with van der Waals surface area (Å²) in [6.45, 7) is 8.20. The Labute approximate surface area is 175 Å². The first-order valence-electron chi connectivity index (χ1n) is 12.2. The van der Waals surface area contributed by atoms with Crippen molar-refractivity contribution in [3.8, 4) is 0 Å². The fraction of sp³-hybridized carbons (Fsp3) is 1.00. The van der Waals surface area contributed by atoms with Gasteiger partial charge in [-0.3, -0.25) is 0 Å². The van der Waals surface area contributed by atoms with Gasteiger partial charge in [-0.2, -0.15) is 13.2 Å². The maximum atomic E-state index is 13.4. The monoisotopic (exact) mass is 414 g/mol. The number of alkyl halides is 3. The van der Waals surface area contributed by atoms with Crippen LogP contribution in [0.2, 0.25) is 0 Å². The van der Waals surface area contributed by atoms with Gasteiger partial charge >= 0.3 is 6.18 Å². The minimum absolute atomic E-state index is 0.145. The van der Waals surface area contributed by atoms with E-state index in [1.807, 2.05) is 0 Å². The Morgan fingerprint density at radius 2 is 1.62 bits per heavy atom. The number of halogens is 3. The molecule has 4 unspecified atom stereocenters. The first-order chi connectivity index (χ1) is 13.6. The summed E-state index contributed by atoms with van der Waals surface area (Å²) >= 11 is 0. The van der Waals surface area contributed by atoms with E-state index in [0.29, 0.717) is 30.1 Å².